The predicted molar refractivity (Wildman–Crippen MR) is 122 cm³/mol. The first-order chi connectivity index (χ1) is 15.4. The number of urea groups is 1. The zero-order chi connectivity index (χ0) is 22.8. The smallest absolute Gasteiger partial charge is 0.323 e. The molecule has 2 N–H and O–H groups in total. The van der Waals surface area contributed by atoms with Crippen LogP contribution in [0.3, 0.4) is 0 Å². The molecule has 12 heteroatoms. The van der Waals surface area contributed by atoms with Gasteiger partial charge in [0.1, 0.15) is 17.2 Å². The average Bonchev–Trinajstić information content (AvgIpc) is 3.19. The van der Waals surface area contributed by atoms with Gasteiger partial charge in [-0.3, -0.25) is 9.67 Å². The van der Waals surface area contributed by atoms with Crippen molar-refractivity contribution in [1.82, 2.24) is 29.7 Å². The molecule has 0 aromatic carbocycles. The van der Waals surface area contributed by atoms with E-state index in [1.807, 2.05) is 6.92 Å². The lowest BCUT2D eigenvalue weighted by atomic mass is 10.1. The van der Waals surface area contributed by atoms with E-state index in [9.17, 15) is 4.79 Å². The molecular formula is C20H18Cl2N8O2. The third kappa shape index (κ3) is 4.47. The second-order valence-electron chi connectivity index (χ2n) is 6.84. The molecule has 0 fully saturated rings. The molecule has 0 aliphatic carbocycles. The summed E-state index contributed by atoms with van der Waals surface area (Å²) in [6, 6.07) is 4.46. The van der Waals surface area contributed by atoms with Crippen LogP contribution in [0.25, 0.3) is 22.6 Å². The van der Waals surface area contributed by atoms with Crippen molar-refractivity contribution < 1.29 is 9.53 Å². The quantitative estimate of drug-likeness (QED) is 0.410. The Hall–Kier alpha value is -3.34. The number of amides is 2. The van der Waals surface area contributed by atoms with Crippen molar-refractivity contribution in [2.75, 3.05) is 17.7 Å². The average molecular weight is 473 g/mol. The van der Waals surface area contributed by atoms with Crippen LogP contribution in [0.2, 0.25) is 10.2 Å². The second-order valence-corrected chi connectivity index (χ2v) is 7.64. The van der Waals surface area contributed by atoms with Crippen molar-refractivity contribution in [3.8, 4) is 11.5 Å². The van der Waals surface area contributed by atoms with Gasteiger partial charge < -0.3 is 15.4 Å². The van der Waals surface area contributed by atoms with Gasteiger partial charge >= 0.3 is 6.03 Å². The maximum atomic E-state index is 12.7. The van der Waals surface area contributed by atoms with E-state index in [-0.39, 0.29) is 6.10 Å². The number of carbonyl (C=O) groups is 1. The van der Waals surface area contributed by atoms with Crippen LogP contribution in [-0.2, 0) is 11.8 Å². The molecule has 4 rings (SSSR count). The van der Waals surface area contributed by atoms with E-state index in [1.165, 1.54) is 6.20 Å². The van der Waals surface area contributed by atoms with Crippen LogP contribution in [0.15, 0.2) is 36.9 Å². The molecule has 0 radical (unpaired) electrons. The lowest BCUT2D eigenvalue weighted by Crippen LogP contribution is -2.21. The molecule has 2 amide bonds. The van der Waals surface area contributed by atoms with Gasteiger partial charge in [0.05, 0.1) is 45.9 Å². The molecular weight excluding hydrogens is 455 g/mol. The minimum absolute atomic E-state index is 0.300. The van der Waals surface area contributed by atoms with Gasteiger partial charge in [-0.05, 0) is 25.1 Å². The van der Waals surface area contributed by atoms with E-state index < -0.39 is 6.03 Å². The summed E-state index contributed by atoms with van der Waals surface area (Å²) in [6.45, 7) is 1.84. The van der Waals surface area contributed by atoms with Crippen LogP contribution in [0, 0.1) is 0 Å². The van der Waals surface area contributed by atoms with Gasteiger partial charge in [-0.1, -0.05) is 23.2 Å². The highest BCUT2D eigenvalue weighted by Crippen LogP contribution is 2.32. The lowest BCUT2D eigenvalue weighted by molar-refractivity contribution is 0.121. The van der Waals surface area contributed by atoms with Crippen LogP contribution >= 0.6 is 23.2 Å². The number of rotatable bonds is 5. The van der Waals surface area contributed by atoms with Gasteiger partial charge in [0.25, 0.3) is 0 Å². The predicted octanol–water partition coefficient (Wildman–Crippen LogP) is 4.48. The molecule has 10 nitrogen and oxygen atoms in total. The number of hydrogen-bond donors (Lipinski definition) is 2. The number of nitrogens with one attached hydrogen (secondary N) is 2. The number of aryl methyl sites for hydroxylation is 1. The fraction of sp³-hybridized carbons (Fsp3) is 0.200. The molecule has 164 valence electrons. The molecule has 0 saturated heterocycles. The molecule has 32 heavy (non-hydrogen) atoms. The van der Waals surface area contributed by atoms with Crippen LogP contribution < -0.4 is 10.6 Å². The highest BCUT2D eigenvalue weighted by molar-refractivity contribution is 6.33. The molecule has 0 aliphatic rings. The van der Waals surface area contributed by atoms with Crippen LogP contribution in [0.1, 0.15) is 18.6 Å². The van der Waals surface area contributed by atoms with Gasteiger partial charge in [-0.15, -0.1) is 5.10 Å². The summed E-state index contributed by atoms with van der Waals surface area (Å²) >= 11 is 12.4. The number of methoxy groups -OCH3 is 1. The topological polar surface area (TPSA) is 120 Å². The fourth-order valence-corrected chi connectivity index (χ4v) is 3.49. The number of pyridine rings is 3. The van der Waals surface area contributed by atoms with Gasteiger partial charge in [0.15, 0.2) is 0 Å². The molecule has 0 aliphatic heterocycles. The zero-order valence-corrected chi connectivity index (χ0v) is 18.8. The number of hydrogen-bond acceptors (Lipinski definition) is 7. The molecule has 4 heterocycles. The van der Waals surface area contributed by atoms with Crippen molar-refractivity contribution in [3.05, 3.63) is 52.7 Å². The van der Waals surface area contributed by atoms with Gasteiger partial charge in [0, 0.05) is 19.7 Å². The summed E-state index contributed by atoms with van der Waals surface area (Å²) in [5, 5.41) is 10.3. The molecule has 1 atom stereocenters. The number of aromatic nitrogens is 6. The summed E-state index contributed by atoms with van der Waals surface area (Å²) in [5.74, 6) is 0.389. The Kier molecular flexibility index (Phi) is 6.17. The summed E-state index contributed by atoms with van der Waals surface area (Å²) in [5.41, 5.74) is 3.07. The van der Waals surface area contributed by atoms with Crippen molar-refractivity contribution in [1.29, 1.82) is 0 Å². The highest BCUT2D eigenvalue weighted by atomic mass is 35.5. The first-order valence-corrected chi connectivity index (χ1v) is 10.2. The van der Waals surface area contributed by atoms with E-state index >= 15 is 0 Å². The monoisotopic (exact) mass is 472 g/mol. The second kappa shape index (κ2) is 9.03. The minimum Gasteiger partial charge on any atom is -0.377 e. The largest absolute Gasteiger partial charge is 0.377 e. The molecule has 0 saturated carbocycles. The first kappa shape index (κ1) is 21.9. The highest BCUT2D eigenvalue weighted by Gasteiger charge is 2.19. The molecule has 0 spiro atoms. The van der Waals surface area contributed by atoms with Gasteiger partial charge in [-0.25, -0.2) is 19.7 Å². The Morgan fingerprint density at radius 3 is 2.66 bits per heavy atom. The van der Waals surface area contributed by atoms with E-state index in [0.717, 1.165) is 0 Å². The summed E-state index contributed by atoms with van der Waals surface area (Å²) in [6.07, 6.45) is 4.19. The maximum absolute atomic E-state index is 12.7. The lowest BCUT2D eigenvalue weighted by Gasteiger charge is -2.18. The summed E-state index contributed by atoms with van der Waals surface area (Å²) in [4.78, 5) is 29.8. The standard InChI is InChI=1S/C20H18Cl2N8O2/c1-10(32-3)16-14(8-23-13-4-5-15(22)28-18(13)16)27-20(31)26-11-6-12(21)17(24-7-11)19-25-9-30(2)29-19/h4-10H,1-3H3,(H2,26,27,31)/t10-/m0/s1. The third-order valence-electron chi connectivity index (χ3n) is 4.64. The normalized spacial score (nSPS) is 12.0. The van der Waals surface area contributed by atoms with Crippen molar-refractivity contribution >= 4 is 51.6 Å². The van der Waals surface area contributed by atoms with Crippen molar-refractivity contribution in [3.63, 3.8) is 0 Å². The molecule has 0 unspecified atom stereocenters. The Morgan fingerprint density at radius 1 is 1.16 bits per heavy atom. The maximum Gasteiger partial charge on any atom is 0.323 e. The Morgan fingerprint density at radius 2 is 1.97 bits per heavy atom. The minimum atomic E-state index is -0.515. The van der Waals surface area contributed by atoms with Crippen molar-refractivity contribution in [2.45, 2.75) is 13.0 Å². The van der Waals surface area contributed by atoms with Crippen LogP contribution in [0.4, 0.5) is 16.2 Å². The molecule has 0 bridgehead atoms. The summed E-state index contributed by atoms with van der Waals surface area (Å²) < 4.78 is 7.02. The molecule has 4 aromatic heterocycles. The number of nitrogens with zero attached hydrogens (tertiary/aromatic N) is 6. The van der Waals surface area contributed by atoms with E-state index in [4.69, 9.17) is 27.9 Å². The zero-order valence-electron chi connectivity index (χ0n) is 17.3. The number of ether oxygens (including phenoxy) is 1. The van der Waals surface area contributed by atoms with Gasteiger partial charge in [0.2, 0.25) is 5.82 Å². The van der Waals surface area contributed by atoms with Crippen molar-refractivity contribution in [2.24, 2.45) is 7.05 Å². The number of fused-ring (bicyclic) bond motifs is 1. The molecule has 4 aromatic rings. The number of halogens is 2. The number of anilines is 2. The van der Waals surface area contributed by atoms with Gasteiger partial charge in [-0.2, -0.15) is 0 Å². The van der Waals surface area contributed by atoms with E-state index in [1.54, 1.807) is 49.6 Å². The number of carbonyl (C=O) groups excluding carboxylic acids is 1. The van der Waals surface area contributed by atoms with E-state index in [0.29, 0.717) is 49.7 Å². The SMILES string of the molecule is CO[C@@H](C)c1c(NC(=O)Nc2cnc(-c3ncn(C)n3)c(Cl)c2)cnc2ccc(Cl)nc12. The fourth-order valence-electron chi connectivity index (χ4n) is 3.09. The Labute approximate surface area is 193 Å². The van der Waals surface area contributed by atoms with E-state index in [2.05, 4.69) is 35.7 Å². The third-order valence-corrected chi connectivity index (χ3v) is 5.14. The van der Waals surface area contributed by atoms with Crippen LogP contribution in [-0.4, -0.2) is 42.9 Å². The Balaban J connectivity index is 1.58. The Bertz CT molecular complexity index is 1310. The summed E-state index contributed by atoms with van der Waals surface area (Å²) in [7, 11) is 3.31. The first-order valence-electron chi connectivity index (χ1n) is 9.43. The van der Waals surface area contributed by atoms with Crippen LogP contribution in [0.5, 0.6) is 0 Å².